The predicted molar refractivity (Wildman–Crippen MR) is 107 cm³/mol. The van der Waals surface area contributed by atoms with Crippen LogP contribution in [0.5, 0.6) is 11.5 Å². The second kappa shape index (κ2) is 6.68. The molecule has 0 atom stereocenters. The van der Waals surface area contributed by atoms with Crippen LogP contribution in [0.4, 0.5) is 0 Å². The summed E-state index contributed by atoms with van der Waals surface area (Å²) >= 11 is 0. The van der Waals surface area contributed by atoms with Gasteiger partial charge in [0.05, 0.1) is 30.6 Å². The molecular weight excluding hydrogens is 340 g/mol. The number of benzene rings is 3. The number of methoxy groups -OCH3 is 2. The molecule has 0 aliphatic rings. The molecule has 0 fully saturated rings. The third kappa shape index (κ3) is 2.77. The number of amides is 1. The van der Waals surface area contributed by atoms with E-state index < -0.39 is 5.91 Å². The summed E-state index contributed by atoms with van der Waals surface area (Å²) in [6, 6.07) is 19.6. The van der Waals surface area contributed by atoms with Gasteiger partial charge in [0, 0.05) is 29.6 Å². The molecule has 0 bridgehead atoms. The van der Waals surface area contributed by atoms with E-state index in [2.05, 4.69) is 16.7 Å². The second-order valence-electron chi connectivity index (χ2n) is 6.36. The van der Waals surface area contributed by atoms with E-state index in [1.54, 1.807) is 20.3 Å². The van der Waals surface area contributed by atoms with Crippen molar-refractivity contribution in [3.8, 4) is 11.5 Å². The maximum absolute atomic E-state index is 12.1. The van der Waals surface area contributed by atoms with Crippen LogP contribution < -0.4 is 15.2 Å². The van der Waals surface area contributed by atoms with Crippen LogP contribution >= 0.6 is 0 Å². The Labute approximate surface area is 156 Å². The lowest BCUT2D eigenvalue weighted by Crippen LogP contribution is -2.11. The molecule has 0 spiro atoms. The number of hydrogen-bond acceptors (Lipinski definition) is 3. The van der Waals surface area contributed by atoms with Gasteiger partial charge in [0.25, 0.3) is 0 Å². The Morgan fingerprint density at radius 1 is 0.926 bits per heavy atom. The molecule has 5 heteroatoms. The molecular formula is C22H20N2O3. The van der Waals surface area contributed by atoms with Crippen molar-refractivity contribution in [2.24, 2.45) is 5.73 Å². The van der Waals surface area contributed by atoms with Gasteiger partial charge in [-0.2, -0.15) is 0 Å². The average Bonchev–Trinajstić information content (AvgIpc) is 3.01. The van der Waals surface area contributed by atoms with Gasteiger partial charge in [-0.3, -0.25) is 4.79 Å². The van der Waals surface area contributed by atoms with Gasteiger partial charge in [-0.15, -0.1) is 0 Å². The van der Waals surface area contributed by atoms with Crippen LogP contribution in [0.2, 0.25) is 0 Å². The minimum absolute atomic E-state index is 0.461. The lowest BCUT2D eigenvalue weighted by molar-refractivity contribution is 0.100. The zero-order chi connectivity index (χ0) is 19.0. The van der Waals surface area contributed by atoms with Gasteiger partial charge in [-0.1, -0.05) is 36.4 Å². The number of nitrogens with zero attached hydrogens (tertiary/aromatic N) is 1. The molecule has 4 aromatic rings. The van der Waals surface area contributed by atoms with Crippen LogP contribution in [0.15, 0.2) is 60.7 Å². The SMILES string of the molecule is COc1cc(OC)c2c3c(C(N)=O)cccc3n(Cc3ccccc3)c2c1. The summed E-state index contributed by atoms with van der Waals surface area (Å²) in [5.74, 6) is 0.879. The van der Waals surface area contributed by atoms with Crippen LogP contribution in [0.1, 0.15) is 15.9 Å². The van der Waals surface area contributed by atoms with Crippen molar-refractivity contribution in [3.05, 3.63) is 71.8 Å². The fraction of sp³-hybridized carbons (Fsp3) is 0.136. The van der Waals surface area contributed by atoms with Gasteiger partial charge in [0.15, 0.2) is 0 Å². The molecule has 0 saturated carbocycles. The molecule has 0 aliphatic heterocycles. The molecule has 1 amide bonds. The highest BCUT2D eigenvalue weighted by atomic mass is 16.5. The highest BCUT2D eigenvalue weighted by Gasteiger charge is 2.20. The molecule has 3 aromatic carbocycles. The summed E-state index contributed by atoms with van der Waals surface area (Å²) in [5, 5.41) is 1.66. The maximum atomic E-state index is 12.1. The van der Waals surface area contributed by atoms with E-state index in [1.165, 1.54) is 0 Å². The van der Waals surface area contributed by atoms with Crippen LogP contribution in [0, 0.1) is 0 Å². The average molecular weight is 360 g/mol. The largest absolute Gasteiger partial charge is 0.497 e. The third-order valence-corrected chi connectivity index (χ3v) is 4.83. The van der Waals surface area contributed by atoms with Crippen molar-refractivity contribution in [2.75, 3.05) is 14.2 Å². The Morgan fingerprint density at radius 2 is 1.70 bits per heavy atom. The smallest absolute Gasteiger partial charge is 0.249 e. The van der Waals surface area contributed by atoms with Crippen molar-refractivity contribution in [1.29, 1.82) is 0 Å². The van der Waals surface area contributed by atoms with Gasteiger partial charge >= 0.3 is 0 Å². The molecule has 0 unspecified atom stereocenters. The molecule has 1 heterocycles. The van der Waals surface area contributed by atoms with Gasteiger partial charge in [-0.05, 0) is 17.7 Å². The molecule has 136 valence electrons. The van der Waals surface area contributed by atoms with Crippen LogP contribution in [0.3, 0.4) is 0 Å². The highest BCUT2D eigenvalue weighted by molar-refractivity contribution is 6.20. The quantitative estimate of drug-likeness (QED) is 0.586. The van der Waals surface area contributed by atoms with Gasteiger partial charge in [0.2, 0.25) is 5.91 Å². The topological polar surface area (TPSA) is 66.5 Å². The molecule has 27 heavy (non-hydrogen) atoms. The van der Waals surface area contributed by atoms with Crippen molar-refractivity contribution in [1.82, 2.24) is 4.57 Å². The number of primary amides is 1. The molecule has 4 rings (SSSR count). The van der Waals surface area contributed by atoms with E-state index in [4.69, 9.17) is 15.2 Å². The second-order valence-corrected chi connectivity index (χ2v) is 6.36. The van der Waals surface area contributed by atoms with E-state index in [0.717, 1.165) is 27.4 Å². The molecule has 0 aliphatic carbocycles. The minimum Gasteiger partial charge on any atom is -0.497 e. The van der Waals surface area contributed by atoms with Crippen LogP contribution in [-0.4, -0.2) is 24.7 Å². The summed E-state index contributed by atoms with van der Waals surface area (Å²) < 4.78 is 13.3. The number of rotatable bonds is 5. The molecule has 0 saturated heterocycles. The highest BCUT2D eigenvalue weighted by Crippen LogP contribution is 2.40. The van der Waals surface area contributed by atoms with E-state index >= 15 is 0 Å². The first-order valence-corrected chi connectivity index (χ1v) is 8.64. The molecule has 2 N–H and O–H groups in total. The number of carbonyl (C=O) groups excluding carboxylic acids is 1. The fourth-order valence-corrected chi connectivity index (χ4v) is 3.62. The number of fused-ring (bicyclic) bond motifs is 3. The lowest BCUT2D eigenvalue weighted by atomic mass is 10.1. The standard InChI is InChI=1S/C22H20N2O3/c1-26-15-11-18-21(19(12-15)27-2)20-16(22(23)25)9-6-10-17(20)24(18)13-14-7-4-3-5-8-14/h3-12H,13H2,1-2H3,(H2,23,25). The molecule has 5 nitrogen and oxygen atoms in total. The number of carbonyl (C=O) groups is 1. The summed E-state index contributed by atoms with van der Waals surface area (Å²) in [6.45, 7) is 0.652. The van der Waals surface area contributed by atoms with Crippen molar-refractivity contribution >= 4 is 27.7 Å². The first kappa shape index (κ1) is 17.0. The Kier molecular flexibility index (Phi) is 4.20. The van der Waals surface area contributed by atoms with Crippen molar-refractivity contribution in [2.45, 2.75) is 6.54 Å². The first-order chi connectivity index (χ1) is 13.1. The van der Waals surface area contributed by atoms with E-state index in [0.29, 0.717) is 23.6 Å². The third-order valence-electron chi connectivity index (χ3n) is 4.83. The molecule has 1 aromatic heterocycles. The Hall–Kier alpha value is -3.47. The van der Waals surface area contributed by atoms with Gasteiger partial charge in [0.1, 0.15) is 11.5 Å². The minimum atomic E-state index is -0.461. The van der Waals surface area contributed by atoms with Crippen molar-refractivity contribution in [3.63, 3.8) is 0 Å². The zero-order valence-electron chi connectivity index (χ0n) is 15.2. The number of hydrogen-bond donors (Lipinski definition) is 1. The fourth-order valence-electron chi connectivity index (χ4n) is 3.62. The normalized spacial score (nSPS) is 11.0. The Bertz CT molecular complexity index is 1150. The summed E-state index contributed by atoms with van der Waals surface area (Å²) in [7, 11) is 3.24. The van der Waals surface area contributed by atoms with E-state index in [9.17, 15) is 4.79 Å². The zero-order valence-corrected chi connectivity index (χ0v) is 15.2. The predicted octanol–water partition coefficient (Wildman–Crippen LogP) is 3.96. The van der Waals surface area contributed by atoms with Gasteiger partial charge < -0.3 is 19.8 Å². The van der Waals surface area contributed by atoms with E-state index in [-0.39, 0.29) is 0 Å². The summed E-state index contributed by atoms with van der Waals surface area (Å²) in [5.41, 5.74) is 9.16. The Morgan fingerprint density at radius 3 is 2.37 bits per heavy atom. The Balaban J connectivity index is 2.14. The van der Waals surface area contributed by atoms with Crippen LogP contribution in [-0.2, 0) is 6.54 Å². The van der Waals surface area contributed by atoms with E-state index in [1.807, 2.05) is 42.5 Å². The number of ether oxygens (including phenoxy) is 2. The summed E-state index contributed by atoms with van der Waals surface area (Å²) in [4.78, 5) is 12.1. The van der Waals surface area contributed by atoms with Gasteiger partial charge in [-0.25, -0.2) is 0 Å². The monoisotopic (exact) mass is 360 g/mol. The van der Waals surface area contributed by atoms with Crippen LogP contribution in [0.25, 0.3) is 21.8 Å². The van der Waals surface area contributed by atoms with Crippen molar-refractivity contribution < 1.29 is 14.3 Å². The number of nitrogens with two attached hydrogens (primary N) is 1. The maximum Gasteiger partial charge on any atom is 0.249 e. The lowest BCUT2D eigenvalue weighted by Gasteiger charge is -2.10. The first-order valence-electron chi connectivity index (χ1n) is 8.64. The number of aromatic nitrogens is 1. The summed E-state index contributed by atoms with van der Waals surface area (Å²) in [6.07, 6.45) is 0. The molecule has 0 radical (unpaired) electrons.